The zero-order valence-corrected chi connectivity index (χ0v) is 11.4. The summed E-state index contributed by atoms with van der Waals surface area (Å²) in [5, 5.41) is 1.34. The summed E-state index contributed by atoms with van der Waals surface area (Å²) in [7, 11) is 1.81. The Balaban J connectivity index is 1.96. The van der Waals surface area contributed by atoms with Gasteiger partial charge in [-0.3, -0.25) is 0 Å². The highest BCUT2D eigenvalue weighted by Crippen LogP contribution is 2.39. The van der Waals surface area contributed by atoms with Crippen molar-refractivity contribution < 1.29 is 4.74 Å². The van der Waals surface area contributed by atoms with Gasteiger partial charge >= 0.3 is 0 Å². The summed E-state index contributed by atoms with van der Waals surface area (Å²) in [6.07, 6.45) is 5.35. The average molecular weight is 258 g/mol. The molecule has 1 aromatic heterocycles. The first-order chi connectivity index (χ1) is 7.69. The second kappa shape index (κ2) is 5.38. The van der Waals surface area contributed by atoms with Crippen LogP contribution in [0.3, 0.4) is 0 Å². The maximum Gasteiger partial charge on any atom is 0.181 e. The number of nitrogens with zero attached hydrogens (tertiary/aromatic N) is 1. The molecule has 3 nitrogen and oxygen atoms in total. The van der Waals surface area contributed by atoms with Crippen molar-refractivity contribution in [2.75, 3.05) is 12.8 Å². The van der Waals surface area contributed by atoms with Crippen molar-refractivity contribution in [2.24, 2.45) is 0 Å². The third kappa shape index (κ3) is 2.90. The Morgan fingerprint density at radius 1 is 1.50 bits per heavy atom. The molecule has 16 heavy (non-hydrogen) atoms. The van der Waals surface area contributed by atoms with Gasteiger partial charge in [0.2, 0.25) is 0 Å². The molecule has 1 heterocycles. The summed E-state index contributed by atoms with van der Waals surface area (Å²) in [5.41, 5.74) is 6.78. The number of aromatic nitrogens is 1. The van der Waals surface area contributed by atoms with Crippen LogP contribution in [0.4, 0.5) is 5.13 Å². The molecule has 0 bridgehead atoms. The molecule has 2 unspecified atom stereocenters. The third-order valence-corrected chi connectivity index (χ3v) is 5.55. The van der Waals surface area contributed by atoms with E-state index in [1.165, 1.54) is 23.5 Å². The fraction of sp³-hybridized carbons (Fsp3) is 0.727. The number of methoxy groups -OCH3 is 1. The van der Waals surface area contributed by atoms with Gasteiger partial charge in [0, 0.05) is 12.4 Å². The maximum absolute atomic E-state index is 5.71. The lowest BCUT2D eigenvalue weighted by atomic mass is 9.97. The molecule has 1 aliphatic rings. The maximum atomic E-state index is 5.71. The number of aryl methyl sites for hydroxylation is 1. The van der Waals surface area contributed by atoms with Crippen LogP contribution in [0, 0.1) is 6.92 Å². The third-order valence-electron chi connectivity index (χ3n) is 2.96. The number of rotatable bonds is 3. The van der Waals surface area contributed by atoms with Crippen LogP contribution in [0.15, 0.2) is 4.21 Å². The van der Waals surface area contributed by atoms with E-state index < -0.39 is 0 Å². The van der Waals surface area contributed by atoms with Gasteiger partial charge in [-0.05, 0) is 32.6 Å². The molecule has 1 fully saturated rings. The Morgan fingerprint density at radius 3 is 2.94 bits per heavy atom. The predicted molar refractivity (Wildman–Crippen MR) is 70.2 cm³/mol. The van der Waals surface area contributed by atoms with Crippen LogP contribution in [0.2, 0.25) is 0 Å². The Kier molecular flexibility index (Phi) is 4.10. The molecule has 0 radical (unpaired) electrons. The van der Waals surface area contributed by atoms with Gasteiger partial charge < -0.3 is 10.5 Å². The first kappa shape index (κ1) is 12.2. The molecule has 1 aliphatic carbocycles. The number of hydrogen-bond donors (Lipinski definition) is 1. The standard InChI is InChI=1S/C11H18N2OS2/c1-7-10(16-11(12)13-7)15-9-5-3-4-8(6-9)14-2/h8-9H,3-6H2,1-2H3,(H2,12,13). The molecule has 5 heteroatoms. The minimum atomic E-state index is 0.442. The molecule has 1 saturated carbocycles. The topological polar surface area (TPSA) is 48.1 Å². The van der Waals surface area contributed by atoms with E-state index in [2.05, 4.69) is 4.98 Å². The van der Waals surface area contributed by atoms with E-state index in [-0.39, 0.29) is 0 Å². The number of thioether (sulfide) groups is 1. The quantitative estimate of drug-likeness (QED) is 0.905. The summed E-state index contributed by atoms with van der Waals surface area (Å²) >= 11 is 3.53. The Bertz CT molecular complexity index is 354. The lowest BCUT2D eigenvalue weighted by Gasteiger charge is -2.27. The van der Waals surface area contributed by atoms with Crippen molar-refractivity contribution in [3.05, 3.63) is 5.69 Å². The van der Waals surface area contributed by atoms with Crippen molar-refractivity contribution in [1.29, 1.82) is 0 Å². The largest absolute Gasteiger partial charge is 0.381 e. The van der Waals surface area contributed by atoms with Gasteiger partial charge in [0.15, 0.2) is 5.13 Å². The van der Waals surface area contributed by atoms with Gasteiger partial charge in [-0.15, -0.1) is 11.8 Å². The molecule has 0 spiro atoms. The van der Waals surface area contributed by atoms with Gasteiger partial charge in [-0.1, -0.05) is 11.3 Å². The molecule has 90 valence electrons. The average Bonchev–Trinajstić information content (AvgIpc) is 2.58. The Morgan fingerprint density at radius 2 is 2.31 bits per heavy atom. The van der Waals surface area contributed by atoms with E-state index in [9.17, 15) is 0 Å². The molecule has 0 aliphatic heterocycles. The summed E-state index contributed by atoms with van der Waals surface area (Å²) in [6, 6.07) is 0. The van der Waals surface area contributed by atoms with Crippen molar-refractivity contribution >= 4 is 28.2 Å². The molecule has 1 aromatic rings. The van der Waals surface area contributed by atoms with Crippen molar-refractivity contribution in [3.63, 3.8) is 0 Å². The van der Waals surface area contributed by atoms with Gasteiger partial charge in [0.05, 0.1) is 16.0 Å². The van der Waals surface area contributed by atoms with E-state index in [4.69, 9.17) is 10.5 Å². The minimum Gasteiger partial charge on any atom is -0.381 e. The minimum absolute atomic E-state index is 0.442. The highest BCUT2D eigenvalue weighted by atomic mass is 32.2. The van der Waals surface area contributed by atoms with Crippen LogP contribution >= 0.6 is 23.1 Å². The Hall–Kier alpha value is -0.260. The smallest absolute Gasteiger partial charge is 0.181 e. The Labute approximate surface area is 105 Å². The molecule has 0 aromatic carbocycles. The number of nitrogen functional groups attached to an aromatic ring is 1. The van der Waals surface area contributed by atoms with Crippen LogP contribution in [0.5, 0.6) is 0 Å². The molecule has 0 amide bonds. The summed E-state index contributed by atoms with van der Waals surface area (Å²) in [6.45, 7) is 2.03. The normalized spacial score (nSPS) is 25.9. The molecule has 2 N–H and O–H groups in total. The second-order valence-corrected chi connectivity index (χ2v) is 6.79. The number of nitrogens with two attached hydrogens (primary N) is 1. The SMILES string of the molecule is COC1CCCC(Sc2sc(N)nc2C)C1. The van der Waals surface area contributed by atoms with Crippen LogP contribution in [0.25, 0.3) is 0 Å². The van der Waals surface area contributed by atoms with Gasteiger partial charge in [-0.25, -0.2) is 4.98 Å². The van der Waals surface area contributed by atoms with Crippen LogP contribution < -0.4 is 5.73 Å². The fourth-order valence-corrected chi connectivity index (χ4v) is 4.62. The molecular weight excluding hydrogens is 240 g/mol. The van der Waals surface area contributed by atoms with Gasteiger partial charge in [0.1, 0.15) is 0 Å². The summed E-state index contributed by atoms with van der Waals surface area (Å²) < 4.78 is 6.72. The van der Waals surface area contributed by atoms with E-state index in [0.717, 1.165) is 12.1 Å². The van der Waals surface area contributed by atoms with Gasteiger partial charge in [0.25, 0.3) is 0 Å². The second-order valence-electron chi connectivity index (χ2n) is 4.19. The number of hydrogen-bond acceptors (Lipinski definition) is 5. The van der Waals surface area contributed by atoms with E-state index >= 15 is 0 Å². The number of anilines is 1. The van der Waals surface area contributed by atoms with E-state index in [1.807, 2.05) is 25.8 Å². The van der Waals surface area contributed by atoms with Gasteiger partial charge in [-0.2, -0.15) is 0 Å². The lowest BCUT2D eigenvalue weighted by Crippen LogP contribution is -2.23. The molecule has 0 saturated heterocycles. The highest BCUT2D eigenvalue weighted by Gasteiger charge is 2.23. The van der Waals surface area contributed by atoms with Crippen LogP contribution in [-0.4, -0.2) is 23.4 Å². The molecule has 2 rings (SSSR count). The van der Waals surface area contributed by atoms with E-state index in [0.29, 0.717) is 16.5 Å². The number of thiazole rings is 1. The first-order valence-corrected chi connectivity index (χ1v) is 7.31. The summed E-state index contributed by atoms with van der Waals surface area (Å²) in [5.74, 6) is 0. The zero-order chi connectivity index (χ0) is 11.5. The molecular formula is C11H18N2OS2. The zero-order valence-electron chi connectivity index (χ0n) is 9.73. The van der Waals surface area contributed by atoms with E-state index in [1.54, 1.807) is 11.3 Å². The van der Waals surface area contributed by atoms with Crippen molar-refractivity contribution in [2.45, 2.75) is 48.2 Å². The van der Waals surface area contributed by atoms with Crippen molar-refractivity contribution in [1.82, 2.24) is 4.98 Å². The number of ether oxygens (including phenoxy) is 1. The lowest BCUT2D eigenvalue weighted by molar-refractivity contribution is 0.0730. The summed E-state index contributed by atoms with van der Waals surface area (Å²) in [4.78, 5) is 4.26. The highest BCUT2D eigenvalue weighted by molar-refractivity contribution is 8.01. The molecule has 2 atom stereocenters. The van der Waals surface area contributed by atoms with Crippen molar-refractivity contribution in [3.8, 4) is 0 Å². The monoisotopic (exact) mass is 258 g/mol. The fourth-order valence-electron chi connectivity index (χ4n) is 2.09. The van der Waals surface area contributed by atoms with Crippen LogP contribution in [0.1, 0.15) is 31.4 Å². The predicted octanol–water partition coefficient (Wildman–Crippen LogP) is 3.08. The van der Waals surface area contributed by atoms with Crippen LogP contribution in [-0.2, 0) is 4.74 Å². The first-order valence-electron chi connectivity index (χ1n) is 5.61.